The highest BCUT2D eigenvalue weighted by Gasteiger charge is 2.21. The molecule has 0 radical (unpaired) electrons. The van der Waals surface area contributed by atoms with Gasteiger partial charge in [-0.15, -0.1) is 0 Å². The molecule has 5 heteroatoms. The molecular weight excluding hydrogens is 262 g/mol. The van der Waals surface area contributed by atoms with E-state index in [0.717, 1.165) is 43.4 Å². The molecule has 1 saturated heterocycles. The van der Waals surface area contributed by atoms with Crippen LogP contribution in [-0.2, 0) is 0 Å². The quantitative estimate of drug-likeness (QED) is 0.841. The van der Waals surface area contributed by atoms with E-state index in [1.165, 1.54) is 0 Å². The van der Waals surface area contributed by atoms with Crippen molar-refractivity contribution in [3.8, 4) is 6.07 Å². The van der Waals surface area contributed by atoms with Gasteiger partial charge in [-0.2, -0.15) is 5.26 Å². The topological polar surface area (TPSA) is 56.1 Å². The van der Waals surface area contributed by atoms with Crippen LogP contribution in [-0.4, -0.2) is 36.1 Å². The number of hydrogen-bond donors (Lipinski definition) is 0. The Morgan fingerprint density at radius 2 is 1.76 bits per heavy atom. The molecule has 3 heterocycles. The minimum Gasteiger partial charge on any atom is -0.353 e. The van der Waals surface area contributed by atoms with Crippen molar-refractivity contribution in [3.63, 3.8) is 0 Å². The fraction of sp³-hybridized carbons (Fsp3) is 0.312. The van der Waals surface area contributed by atoms with Gasteiger partial charge in [0.05, 0.1) is 5.56 Å². The number of pyridine rings is 2. The van der Waals surface area contributed by atoms with E-state index in [9.17, 15) is 5.26 Å². The summed E-state index contributed by atoms with van der Waals surface area (Å²) in [5.74, 6) is 1.81. The summed E-state index contributed by atoms with van der Waals surface area (Å²) in [5, 5.41) is 9.32. The summed E-state index contributed by atoms with van der Waals surface area (Å²) in [6.45, 7) is 5.42. The number of nitrogens with zero attached hydrogens (tertiary/aromatic N) is 5. The monoisotopic (exact) mass is 279 g/mol. The summed E-state index contributed by atoms with van der Waals surface area (Å²) in [6.07, 6.45) is 3.59. The van der Waals surface area contributed by atoms with Crippen LogP contribution in [0.3, 0.4) is 0 Å². The zero-order valence-corrected chi connectivity index (χ0v) is 12.0. The maximum Gasteiger partial charge on any atom is 0.146 e. The zero-order valence-electron chi connectivity index (χ0n) is 12.0. The van der Waals surface area contributed by atoms with E-state index in [2.05, 4.69) is 25.8 Å². The molecule has 0 atom stereocenters. The van der Waals surface area contributed by atoms with E-state index in [1.807, 2.05) is 37.4 Å². The summed E-state index contributed by atoms with van der Waals surface area (Å²) >= 11 is 0. The van der Waals surface area contributed by atoms with Crippen LogP contribution in [0.5, 0.6) is 0 Å². The third-order valence-electron chi connectivity index (χ3n) is 3.80. The maximum atomic E-state index is 9.32. The number of hydrogen-bond acceptors (Lipinski definition) is 5. The Balaban J connectivity index is 1.75. The van der Waals surface area contributed by atoms with Crippen molar-refractivity contribution < 1.29 is 0 Å². The lowest BCUT2D eigenvalue weighted by Gasteiger charge is -2.36. The fourth-order valence-electron chi connectivity index (χ4n) is 2.61. The number of rotatable bonds is 2. The first-order valence-corrected chi connectivity index (χ1v) is 7.06. The fourth-order valence-corrected chi connectivity index (χ4v) is 2.61. The molecule has 0 bridgehead atoms. The number of nitriles is 1. The highest BCUT2D eigenvalue weighted by molar-refractivity contribution is 5.58. The molecule has 3 rings (SSSR count). The molecule has 0 spiro atoms. The van der Waals surface area contributed by atoms with Crippen LogP contribution in [0, 0.1) is 18.3 Å². The van der Waals surface area contributed by atoms with Crippen molar-refractivity contribution >= 4 is 11.6 Å². The summed E-state index contributed by atoms with van der Waals surface area (Å²) in [4.78, 5) is 13.2. The minimum atomic E-state index is 0.684. The van der Waals surface area contributed by atoms with E-state index in [1.54, 1.807) is 6.20 Å². The van der Waals surface area contributed by atoms with Crippen LogP contribution in [0.25, 0.3) is 0 Å². The van der Waals surface area contributed by atoms with E-state index in [-0.39, 0.29) is 0 Å². The Labute approximate surface area is 124 Å². The third-order valence-corrected chi connectivity index (χ3v) is 3.80. The van der Waals surface area contributed by atoms with Gasteiger partial charge < -0.3 is 9.80 Å². The molecule has 2 aromatic rings. The maximum absolute atomic E-state index is 9.32. The predicted molar refractivity (Wildman–Crippen MR) is 82.4 cm³/mol. The van der Waals surface area contributed by atoms with Gasteiger partial charge in [-0.3, -0.25) is 0 Å². The largest absolute Gasteiger partial charge is 0.353 e. The Kier molecular flexibility index (Phi) is 3.69. The van der Waals surface area contributed by atoms with E-state index >= 15 is 0 Å². The number of aryl methyl sites for hydroxylation is 1. The Morgan fingerprint density at radius 3 is 2.43 bits per heavy atom. The van der Waals surface area contributed by atoms with Gasteiger partial charge in [-0.05, 0) is 30.7 Å². The van der Waals surface area contributed by atoms with Crippen LogP contribution in [0.1, 0.15) is 11.1 Å². The van der Waals surface area contributed by atoms with Crippen LogP contribution in [0.4, 0.5) is 11.6 Å². The summed E-state index contributed by atoms with van der Waals surface area (Å²) in [7, 11) is 0. The van der Waals surface area contributed by atoms with Gasteiger partial charge in [0.2, 0.25) is 0 Å². The van der Waals surface area contributed by atoms with Gasteiger partial charge in [0.1, 0.15) is 17.7 Å². The molecular formula is C16H17N5. The molecule has 106 valence electrons. The number of piperazine rings is 1. The normalized spacial score (nSPS) is 14.9. The van der Waals surface area contributed by atoms with Crippen molar-refractivity contribution in [2.45, 2.75) is 6.92 Å². The SMILES string of the molecule is Cc1ccnc(N2CCN(c3ccccn3)CC2)c1C#N. The first-order valence-electron chi connectivity index (χ1n) is 7.06. The standard InChI is InChI=1S/C16H17N5/c1-13-5-7-19-16(14(13)12-17)21-10-8-20(9-11-21)15-4-2-3-6-18-15/h2-7H,8-11H2,1H3. The van der Waals surface area contributed by atoms with Gasteiger partial charge in [-0.1, -0.05) is 6.07 Å². The molecule has 0 saturated carbocycles. The molecule has 0 aromatic carbocycles. The van der Waals surface area contributed by atoms with Gasteiger partial charge >= 0.3 is 0 Å². The van der Waals surface area contributed by atoms with Crippen molar-refractivity contribution in [3.05, 3.63) is 47.8 Å². The summed E-state index contributed by atoms with van der Waals surface area (Å²) in [5.41, 5.74) is 1.67. The molecule has 0 aliphatic carbocycles. The Morgan fingerprint density at radius 1 is 1.00 bits per heavy atom. The van der Waals surface area contributed by atoms with Crippen molar-refractivity contribution in [2.24, 2.45) is 0 Å². The molecule has 21 heavy (non-hydrogen) atoms. The average Bonchev–Trinajstić information content (AvgIpc) is 2.55. The van der Waals surface area contributed by atoms with Crippen molar-refractivity contribution in [1.82, 2.24) is 9.97 Å². The van der Waals surface area contributed by atoms with Gasteiger partial charge in [0.15, 0.2) is 0 Å². The lowest BCUT2D eigenvalue weighted by molar-refractivity contribution is 0.641. The molecule has 0 amide bonds. The minimum absolute atomic E-state index is 0.684. The van der Waals surface area contributed by atoms with Crippen molar-refractivity contribution in [1.29, 1.82) is 5.26 Å². The van der Waals surface area contributed by atoms with E-state index in [4.69, 9.17) is 0 Å². The van der Waals surface area contributed by atoms with Crippen molar-refractivity contribution in [2.75, 3.05) is 36.0 Å². The first kappa shape index (κ1) is 13.4. The Bertz CT molecular complexity index is 654. The molecule has 0 N–H and O–H groups in total. The second kappa shape index (κ2) is 5.80. The lowest BCUT2D eigenvalue weighted by Crippen LogP contribution is -2.47. The number of anilines is 2. The molecule has 1 fully saturated rings. The predicted octanol–water partition coefficient (Wildman–Crippen LogP) is 1.98. The van der Waals surface area contributed by atoms with Crippen LogP contribution >= 0.6 is 0 Å². The van der Waals surface area contributed by atoms with Gasteiger partial charge in [0, 0.05) is 38.6 Å². The average molecular weight is 279 g/mol. The van der Waals surface area contributed by atoms with E-state index in [0.29, 0.717) is 5.56 Å². The molecule has 2 aromatic heterocycles. The molecule has 1 aliphatic rings. The molecule has 5 nitrogen and oxygen atoms in total. The Hall–Kier alpha value is -2.61. The number of aromatic nitrogens is 2. The van der Waals surface area contributed by atoms with Crippen LogP contribution < -0.4 is 9.80 Å². The zero-order chi connectivity index (χ0) is 14.7. The second-order valence-electron chi connectivity index (χ2n) is 5.10. The molecule has 0 unspecified atom stereocenters. The van der Waals surface area contributed by atoms with Crippen LogP contribution in [0.2, 0.25) is 0 Å². The van der Waals surface area contributed by atoms with Gasteiger partial charge in [0.25, 0.3) is 0 Å². The summed E-state index contributed by atoms with van der Waals surface area (Å²) < 4.78 is 0. The second-order valence-corrected chi connectivity index (χ2v) is 5.10. The summed E-state index contributed by atoms with van der Waals surface area (Å²) in [6, 6.07) is 10.1. The first-order chi connectivity index (χ1) is 10.3. The third kappa shape index (κ3) is 2.65. The van der Waals surface area contributed by atoms with E-state index < -0.39 is 0 Å². The highest BCUT2D eigenvalue weighted by Crippen LogP contribution is 2.22. The smallest absolute Gasteiger partial charge is 0.146 e. The molecule has 1 aliphatic heterocycles. The van der Waals surface area contributed by atoms with Crippen LogP contribution in [0.15, 0.2) is 36.7 Å². The van der Waals surface area contributed by atoms with Gasteiger partial charge in [-0.25, -0.2) is 9.97 Å². The highest BCUT2D eigenvalue weighted by atomic mass is 15.3. The lowest BCUT2D eigenvalue weighted by atomic mass is 10.1.